The molecule has 0 amide bonds. The smallest absolute Gasteiger partial charge is 0.314 e. The van der Waals surface area contributed by atoms with Gasteiger partial charge in [0.25, 0.3) is 0 Å². The average molecular weight is 301 g/mol. The minimum atomic E-state index is -0.637. The number of aryl methyl sites for hydroxylation is 1. The highest BCUT2D eigenvalue weighted by Crippen LogP contribution is 2.27. The van der Waals surface area contributed by atoms with E-state index in [1.165, 1.54) is 10.4 Å². The van der Waals surface area contributed by atoms with Crippen molar-refractivity contribution in [1.82, 2.24) is 9.97 Å². The van der Waals surface area contributed by atoms with Crippen LogP contribution in [0.3, 0.4) is 0 Å². The fourth-order valence-electron chi connectivity index (χ4n) is 2.35. The van der Waals surface area contributed by atoms with Crippen LogP contribution in [0.25, 0.3) is 11.0 Å². The Balaban J connectivity index is 1.94. The van der Waals surface area contributed by atoms with Gasteiger partial charge in [-0.25, -0.2) is 0 Å². The number of anilines is 1. The van der Waals surface area contributed by atoms with Gasteiger partial charge in [0.05, 0.1) is 17.1 Å². The lowest BCUT2D eigenvalue weighted by atomic mass is 10.1. The number of aromatic nitrogens is 2. The number of rotatable bonds is 3. The number of nitrogens with one attached hydrogen (secondary N) is 3. The van der Waals surface area contributed by atoms with Crippen LogP contribution in [0, 0.1) is 6.92 Å². The topological polar surface area (TPSA) is 77.8 Å². The standard InChI is InChI=1S/C15H15N3O2S/c1-8-5-6-21-13(8)9(2)16-10-3-4-11-12(7-10)18-15(20)14(19)17-11/h3-7,9,16H,1-2H3,(H,17,19)(H,18,20). The molecule has 0 saturated carbocycles. The van der Waals surface area contributed by atoms with Crippen LogP contribution in [0.15, 0.2) is 39.2 Å². The Bertz CT molecular complexity index is 907. The summed E-state index contributed by atoms with van der Waals surface area (Å²) in [4.78, 5) is 29.1. The molecule has 2 heterocycles. The third-order valence-corrected chi connectivity index (χ3v) is 4.60. The first-order valence-corrected chi connectivity index (χ1v) is 7.49. The number of hydrogen-bond donors (Lipinski definition) is 3. The average Bonchev–Trinajstić information content (AvgIpc) is 2.87. The highest BCUT2D eigenvalue weighted by atomic mass is 32.1. The molecule has 0 spiro atoms. The fourth-order valence-corrected chi connectivity index (χ4v) is 3.28. The van der Waals surface area contributed by atoms with E-state index in [-0.39, 0.29) is 6.04 Å². The maximum absolute atomic E-state index is 11.4. The molecule has 0 bridgehead atoms. The predicted octanol–water partition coefficient (Wildman–Crippen LogP) is 2.76. The van der Waals surface area contributed by atoms with Gasteiger partial charge in [-0.2, -0.15) is 0 Å². The molecule has 3 N–H and O–H groups in total. The molecule has 0 aliphatic rings. The van der Waals surface area contributed by atoms with E-state index in [0.29, 0.717) is 11.0 Å². The minimum Gasteiger partial charge on any atom is -0.378 e. The monoisotopic (exact) mass is 301 g/mol. The Morgan fingerprint density at radius 1 is 1.10 bits per heavy atom. The normalized spacial score (nSPS) is 12.5. The Labute approximate surface area is 124 Å². The molecule has 6 heteroatoms. The highest BCUT2D eigenvalue weighted by molar-refractivity contribution is 7.10. The molecule has 108 valence electrons. The quantitative estimate of drug-likeness (QED) is 0.651. The molecule has 0 saturated heterocycles. The van der Waals surface area contributed by atoms with Crippen LogP contribution < -0.4 is 16.4 Å². The van der Waals surface area contributed by atoms with Crippen molar-refractivity contribution < 1.29 is 0 Å². The Kier molecular flexibility index (Phi) is 3.39. The molecule has 3 aromatic rings. The van der Waals surface area contributed by atoms with Crippen molar-refractivity contribution in [1.29, 1.82) is 0 Å². The molecule has 0 aliphatic carbocycles. The van der Waals surface area contributed by atoms with Crippen LogP contribution in [0.2, 0.25) is 0 Å². The lowest BCUT2D eigenvalue weighted by Crippen LogP contribution is -2.28. The van der Waals surface area contributed by atoms with Crippen LogP contribution >= 0.6 is 11.3 Å². The summed E-state index contributed by atoms with van der Waals surface area (Å²) in [5.41, 5.74) is 2.11. The zero-order valence-electron chi connectivity index (χ0n) is 11.7. The van der Waals surface area contributed by atoms with Gasteiger partial charge in [0, 0.05) is 10.6 Å². The van der Waals surface area contributed by atoms with Crippen molar-refractivity contribution in [2.45, 2.75) is 19.9 Å². The molecule has 2 aromatic heterocycles. The summed E-state index contributed by atoms with van der Waals surface area (Å²) in [5.74, 6) is 0. The van der Waals surface area contributed by atoms with E-state index in [9.17, 15) is 9.59 Å². The van der Waals surface area contributed by atoms with Crippen molar-refractivity contribution in [2.75, 3.05) is 5.32 Å². The molecular weight excluding hydrogens is 286 g/mol. The third-order valence-electron chi connectivity index (χ3n) is 3.40. The van der Waals surface area contributed by atoms with E-state index < -0.39 is 11.1 Å². The van der Waals surface area contributed by atoms with Gasteiger partial charge in [0.2, 0.25) is 0 Å². The van der Waals surface area contributed by atoms with E-state index in [1.54, 1.807) is 17.4 Å². The summed E-state index contributed by atoms with van der Waals surface area (Å²) in [6.07, 6.45) is 0. The first kappa shape index (κ1) is 13.6. The highest BCUT2D eigenvalue weighted by Gasteiger charge is 2.10. The van der Waals surface area contributed by atoms with Crippen LogP contribution in [0.1, 0.15) is 23.4 Å². The van der Waals surface area contributed by atoms with Crippen molar-refractivity contribution >= 4 is 28.1 Å². The van der Waals surface area contributed by atoms with Crippen LogP contribution in [0.5, 0.6) is 0 Å². The summed E-state index contributed by atoms with van der Waals surface area (Å²) in [6, 6.07) is 7.77. The van der Waals surface area contributed by atoms with E-state index >= 15 is 0 Å². The summed E-state index contributed by atoms with van der Waals surface area (Å²) in [5, 5.41) is 5.48. The van der Waals surface area contributed by atoms with Gasteiger partial charge >= 0.3 is 11.1 Å². The molecule has 21 heavy (non-hydrogen) atoms. The van der Waals surface area contributed by atoms with Gasteiger partial charge in [-0.05, 0) is 49.1 Å². The molecule has 1 atom stereocenters. The van der Waals surface area contributed by atoms with Crippen LogP contribution in [-0.4, -0.2) is 9.97 Å². The molecular formula is C15H15N3O2S. The largest absolute Gasteiger partial charge is 0.378 e. The summed E-state index contributed by atoms with van der Waals surface area (Å²) in [7, 11) is 0. The zero-order valence-corrected chi connectivity index (χ0v) is 12.5. The molecule has 0 aliphatic heterocycles. The first-order valence-electron chi connectivity index (χ1n) is 6.61. The van der Waals surface area contributed by atoms with Crippen LogP contribution in [0.4, 0.5) is 5.69 Å². The van der Waals surface area contributed by atoms with Crippen LogP contribution in [-0.2, 0) is 0 Å². The fraction of sp³-hybridized carbons (Fsp3) is 0.200. The molecule has 1 aromatic carbocycles. The second-order valence-electron chi connectivity index (χ2n) is 5.00. The van der Waals surface area contributed by atoms with Gasteiger partial charge < -0.3 is 15.3 Å². The van der Waals surface area contributed by atoms with Crippen molar-refractivity contribution in [3.05, 3.63) is 60.8 Å². The Hall–Kier alpha value is -2.34. The summed E-state index contributed by atoms with van der Waals surface area (Å²) in [6.45, 7) is 4.19. The Morgan fingerprint density at radius 3 is 2.48 bits per heavy atom. The van der Waals surface area contributed by atoms with E-state index in [0.717, 1.165) is 5.69 Å². The van der Waals surface area contributed by atoms with E-state index in [4.69, 9.17) is 0 Å². The second-order valence-corrected chi connectivity index (χ2v) is 5.95. The number of hydrogen-bond acceptors (Lipinski definition) is 4. The number of H-pyrrole nitrogens is 2. The predicted molar refractivity (Wildman–Crippen MR) is 86.3 cm³/mol. The molecule has 0 fully saturated rings. The maximum Gasteiger partial charge on any atom is 0.314 e. The third kappa shape index (κ3) is 2.62. The van der Waals surface area contributed by atoms with E-state index in [2.05, 4.69) is 40.6 Å². The lowest BCUT2D eigenvalue weighted by Gasteiger charge is -2.15. The summed E-state index contributed by atoms with van der Waals surface area (Å²) < 4.78 is 0. The number of aromatic amines is 2. The summed E-state index contributed by atoms with van der Waals surface area (Å²) >= 11 is 1.72. The minimum absolute atomic E-state index is 0.178. The molecule has 0 radical (unpaired) electrons. The van der Waals surface area contributed by atoms with Gasteiger partial charge in [-0.3, -0.25) is 9.59 Å². The number of thiophene rings is 1. The van der Waals surface area contributed by atoms with Crippen molar-refractivity contribution in [2.24, 2.45) is 0 Å². The molecule has 1 unspecified atom stereocenters. The van der Waals surface area contributed by atoms with Gasteiger partial charge in [0.15, 0.2) is 0 Å². The van der Waals surface area contributed by atoms with Crippen molar-refractivity contribution in [3.8, 4) is 0 Å². The maximum atomic E-state index is 11.4. The molecule has 3 rings (SSSR count). The van der Waals surface area contributed by atoms with E-state index in [1.807, 2.05) is 12.1 Å². The number of benzene rings is 1. The van der Waals surface area contributed by atoms with Gasteiger partial charge in [-0.15, -0.1) is 11.3 Å². The number of fused-ring (bicyclic) bond motifs is 1. The van der Waals surface area contributed by atoms with Gasteiger partial charge in [-0.1, -0.05) is 0 Å². The lowest BCUT2D eigenvalue weighted by molar-refractivity contribution is 0.899. The second kappa shape index (κ2) is 5.21. The SMILES string of the molecule is Cc1ccsc1C(C)Nc1ccc2[nH]c(=O)c(=O)[nH]c2c1. The molecule has 5 nitrogen and oxygen atoms in total. The first-order chi connectivity index (χ1) is 10.0. The van der Waals surface area contributed by atoms with Gasteiger partial charge in [0.1, 0.15) is 0 Å². The zero-order chi connectivity index (χ0) is 15.0. The van der Waals surface area contributed by atoms with Crippen molar-refractivity contribution in [3.63, 3.8) is 0 Å². The Morgan fingerprint density at radius 2 is 1.81 bits per heavy atom.